The van der Waals surface area contributed by atoms with E-state index in [0.717, 1.165) is 36.2 Å². The van der Waals surface area contributed by atoms with Gasteiger partial charge in [-0.15, -0.1) is 21.8 Å². The maximum Gasteiger partial charge on any atom is 0.340 e. The number of rotatable bonds is 10. The van der Waals surface area contributed by atoms with E-state index >= 15 is 0 Å². The maximum atomic E-state index is 12.9. The topological polar surface area (TPSA) is 110 Å². The lowest BCUT2D eigenvalue weighted by atomic mass is 10.1. The van der Waals surface area contributed by atoms with E-state index in [9.17, 15) is 18.0 Å². The smallest absolute Gasteiger partial charge is 0.340 e. The Bertz CT molecular complexity index is 1090. The Labute approximate surface area is 202 Å². The Morgan fingerprint density at radius 2 is 2.06 bits per heavy atom. The normalized spacial score (nSPS) is 16.8. The van der Waals surface area contributed by atoms with Gasteiger partial charge in [0.15, 0.2) is 6.23 Å². The van der Waals surface area contributed by atoms with Crippen LogP contribution in [0.3, 0.4) is 0 Å². The predicted octanol–water partition coefficient (Wildman–Crippen LogP) is 4.08. The molecule has 1 saturated heterocycles. The number of hydrogen-bond donors (Lipinski definition) is 0. The summed E-state index contributed by atoms with van der Waals surface area (Å²) in [6.45, 7) is 2.42. The first kappa shape index (κ1) is 25.4. The van der Waals surface area contributed by atoms with Crippen molar-refractivity contribution in [3.8, 4) is 0 Å². The third kappa shape index (κ3) is 6.21. The Morgan fingerprint density at radius 1 is 1.27 bits per heavy atom. The lowest BCUT2D eigenvalue weighted by Gasteiger charge is -2.37. The van der Waals surface area contributed by atoms with Gasteiger partial charge in [-0.1, -0.05) is 49.7 Å². The maximum absolute atomic E-state index is 12.9. The molecule has 9 nitrogen and oxygen atoms in total. The van der Waals surface area contributed by atoms with Crippen LogP contribution in [0.5, 0.6) is 0 Å². The van der Waals surface area contributed by atoms with Crippen molar-refractivity contribution in [2.75, 3.05) is 24.2 Å². The molecule has 0 saturated carbocycles. The summed E-state index contributed by atoms with van der Waals surface area (Å²) in [5.41, 5.74) is 1.08. The number of urea groups is 1. The molecule has 0 radical (unpaired) electrons. The second-order valence-corrected chi connectivity index (χ2v) is 11.3. The van der Waals surface area contributed by atoms with Crippen LogP contribution in [0.15, 0.2) is 28.6 Å². The highest BCUT2D eigenvalue weighted by Crippen LogP contribution is 2.31. The number of benzene rings is 1. The van der Waals surface area contributed by atoms with Crippen molar-refractivity contribution in [2.24, 2.45) is 0 Å². The van der Waals surface area contributed by atoms with E-state index in [2.05, 4.69) is 17.1 Å². The SMILES string of the molecule is CCCCCCS(=O)(=O)c1nnc(N2C(=O)N(C)CCC2OC(=O)c2cccc(CCl)c2)s1. The molecule has 2 heterocycles. The molecule has 2 aromatic rings. The number of alkyl halides is 1. The van der Waals surface area contributed by atoms with Gasteiger partial charge in [0.05, 0.1) is 11.3 Å². The van der Waals surface area contributed by atoms with Crippen LogP contribution in [-0.2, 0) is 20.5 Å². The Hall–Kier alpha value is -2.24. The van der Waals surface area contributed by atoms with E-state index in [4.69, 9.17) is 16.3 Å². The number of nitrogens with zero attached hydrogens (tertiary/aromatic N) is 4. The first-order valence-corrected chi connectivity index (χ1v) is 13.7. The fraction of sp³-hybridized carbons (Fsp3) is 0.524. The van der Waals surface area contributed by atoms with Crippen LogP contribution in [0.25, 0.3) is 0 Å². The average molecular weight is 515 g/mol. The number of carbonyl (C=O) groups excluding carboxylic acids is 2. The van der Waals surface area contributed by atoms with Crippen LogP contribution in [0, 0.1) is 0 Å². The zero-order chi connectivity index (χ0) is 24.0. The molecule has 2 amide bonds. The van der Waals surface area contributed by atoms with E-state index in [1.807, 2.05) is 0 Å². The number of halogens is 1. The van der Waals surface area contributed by atoms with Crippen molar-refractivity contribution < 1.29 is 22.7 Å². The number of hydrogen-bond acceptors (Lipinski definition) is 8. The summed E-state index contributed by atoms with van der Waals surface area (Å²) in [5, 5.41) is 7.86. The molecule has 0 spiro atoms. The summed E-state index contributed by atoms with van der Waals surface area (Å²) in [4.78, 5) is 28.3. The molecule has 1 aliphatic heterocycles. The van der Waals surface area contributed by atoms with Gasteiger partial charge >= 0.3 is 12.0 Å². The summed E-state index contributed by atoms with van der Waals surface area (Å²) in [7, 11) is -1.99. The monoisotopic (exact) mass is 514 g/mol. The van der Waals surface area contributed by atoms with E-state index < -0.39 is 28.1 Å². The van der Waals surface area contributed by atoms with Crippen LogP contribution in [0.1, 0.15) is 54.9 Å². The molecular weight excluding hydrogens is 488 g/mol. The predicted molar refractivity (Wildman–Crippen MR) is 126 cm³/mol. The van der Waals surface area contributed by atoms with Gasteiger partial charge < -0.3 is 9.64 Å². The van der Waals surface area contributed by atoms with Crippen LogP contribution >= 0.6 is 22.9 Å². The lowest BCUT2D eigenvalue weighted by Crippen LogP contribution is -2.54. The highest BCUT2D eigenvalue weighted by atomic mass is 35.5. The molecule has 0 bridgehead atoms. The molecule has 180 valence electrons. The van der Waals surface area contributed by atoms with Crippen molar-refractivity contribution in [1.29, 1.82) is 0 Å². The molecule has 1 aromatic heterocycles. The number of unbranched alkanes of at least 4 members (excludes halogenated alkanes) is 3. The van der Waals surface area contributed by atoms with Gasteiger partial charge in [-0.25, -0.2) is 22.9 Å². The molecule has 1 fully saturated rings. The number of carbonyl (C=O) groups is 2. The van der Waals surface area contributed by atoms with Gasteiger partial charge in [-0.2, -0.15) is 0 Å². The zero-order valence-electron chi connectivity index (χ0n) is 18.6. The van der Waals surface area contributed by atoms with Gasteiger partial charge in [-0.3, -0.25) is 0 Å². The number of amides is 2. The van der Waals surface area contributed by atoms with E-state index in [0.29, 0.717) is 24.9 Å². The number of aromatic nitrogens is 2. The van der Waals surface area contributed by atoms with Crippen molar-refractivity contribution in [3.05, 3.63) is 35.4 Å². The van der Waals surface area contributed by atoms with Gasteiger partial charge in [0, 0.05) is 25.9 Å². The number of sulfone groups is 1. The summed E-state index contributed by atoms with van der Waals surface area (Å²) in [5.74, 6) is -0.381. The fourth-order valence-electron chi connectivity index (χ4n) is 3.36. The third-order valence-corrected chi connectivity index (χ3v) is 8.70. The van der Waals surface area contributed by atoms with Crippen LogP contribution < -0.4 is 4.90 Å². The first-order chi connectivity index (χ1) is 15.8. The molecule has 1 aromatic carbocycles. The first-order valence-electron chi connectivity index (χ1n) is 10.7. The molecule has 1 unspecified atom stereocenters. The van der Waals surface area contributed by atoms with Crippen molar-refractivity contribution in [1.82, 2.24) is 15.1 Å². The second-order valence-electron chi connectivity index (χ2n) is 7.79. The highest BCUT2D eigenvalue weighted by molar-refractivity contribution is 7.93. The van der Waals surface area contributed by atoms with E-state index in [1.54, 1.807) is 31.3 Å². The Morgan fingerprint density at radius 3 is 2.79 bits per heavy atom. The van der Waals surface area contributed by atoms with E-state index in [-0.39, 0.29) is 21.1 Å². The molecule has 12 heteroatoms. The summed E-state index contributed by atoms with van der Waals surface area (Å²) in [6, 6.07) is 6.28. The molecule has 33 heavy (non-hydrogen) atoms. The van der Waals surface area contributed by atoms with Gasteiger partial charge in [-0.05, 0) is 24.1 Å². The molecule has 0 N–H and O–H groups in total. The minimum Gasteiger partial charge on any atom is -0.437 e. The summed E-state index contributed by atoms with van der Waals surface area (Å²) >= 11 is 6.65. The quantitative estimate of drug-likeness (QED) is 0.203. The van der Waals surface area contributed by atoms with Gasteiger partial charge in [0.1, 0.15) is 0 Å². The molecule has 1 aliphatic rings. The van der Waals surface area contributed by atoms with Gasteiger partial charge in [0.25, 0.3) is 0 Å². The second kappa shape index (κ2) is 11.3. The van der Waals surface area contributed by atoms with Crippen molar-refractivity contribution in [3.63, 3.8) is 0 Å². The Kier molecular flexibility index (Phi) is 8.66. The largest absolute Gasteiger partial charge is 0.437 e. The van der Waals surface area contributed by atoms with Crippen LogP contribution in [-0.4, -0.2) is 61.1 Å². The molecule has 0 aliphatic carbocycles. The minimum atomic E-state index is -3.61. The van der Waals surface area contributed by atoms with Crippen LogP contribution in [0.4, 0.5) is 9.93 Å². The number of esters is 1. The van der Waals surface area contributed by atoms with Crippen molar-refractivity contribution >= 4 is 49.9 Å². The average Bonchev–Trinajstić information content (AvgIpc) is 3.30. The molecule has 1 atom stereocenters. The lowest BCUT2D eigenvalue weighted by molar-refractivity contribution is 0.0229. The van der Waals surface area contributed by atoms with Crippen LogP contribution in [0.2, 0.25) is 0 Å². The minimum absolute atomic E-state index is 0.0230. The highest BCUT2D eigenvalue weighted by Gasteiger charge is 2.38. The fourth-order valence-corrected chi connectivity index (χ4v) is 6.04. The third-order valence-electron chi connectivity index (χ3n) is 5.23. The zero-order valence-corrected chi connectivity index (χ0v) is 21.0. The van der Waals surface area contributed by atoms with E-state index in [1.165, 1.54) is 9.80 Å². The molecule has 3 rings (SSSR count). The summed E-state index contributed by atoms with van der Waals surface area (Å²) < 4.78 is 30.8. The number of anilines is 1. The Balaban J connectivity index is 1.80. The van der Waals surface area contributed by atoms with Crippen molar-refractivity contribution in [2.45, 2.75) is 55.5 Å². The van der Waals surface area contributed by atoms with Gasteiger partial charge in [0.2, 0.25) is 19.3 Å². The standard InChI is InChI=1S/C21H27ClN4O5S2/c1-3-4-5-6-12-33(29,30)20-24-23-19(32-20)26-17(10-11-25(2)21(26)28)31-18(27)16-9-7-8-15(13-16)14-22/h7-9,13,17H,3-6,10-12,14H2,1-2H3. The summed E-state index contributed by atoms with van der Waals surface area (Å²) in [6.07, 6.45) is 2.73. The molecular formula is C21H27ClN4O5S2. The number of ether oxygens (including phenoxy) is 1.